The first-order chi connectivity index (χ1) is 9.85. The summed E-state index contributed by atoms with van der Waals surface area (Å²) in [6, 6.07) is 5.64. The fraction of sp³-hybridized carbons (Fsp3) is 0.357. The molecule has 0 radical (unpaired) electrons. The van der Waals surface area contributed by atoms with Gasteiger partial charge in [-0.1, -0.05) is 0 Å². The van der Waals surface area contributed by atoms with Crippen LogP contribution in [0.15, 0.2) is 28.9 Å². The number of aromatic nitrogens is 2. The highest BCUT2D eigenvalue weighted by Gasteiger charge is 2.13. The van der Waals surface area contributed by atoms with Gasteiger partial charge in [0.25, 0.3) is 0 Å². The summed E-state index contributed by atoms with van der Waals surface area (Å²) < 4.78 is 10.8. The second kappa shape index (κ2) is 7.26. The standard InChI is InChI=1S/C14H16N4O2/c1-2-19-8-4-7-17-14-12(9-15)18-13(20-14)11-5-3-6-16-10-11/h3,5-6,10,17H,2,4,7-8H2,1H3. The van der Waals surface area contributed by atoms with Gasteiger partial charge in [-0.3, -0.25) is 4.98 Å². The van der Waals surface area contributed by atoms with Gasteiger partial charge >= 0.3 is 0 Å². The molecule has 0 aliphatic heterocycles. The molecule has 0 bridgehead atoms. The Kier molecular flexibility index (Phi) is 5.09. The molecule has 2 aromatic heterocycles. The first-order valence-corrected chi connectivity index (χ1v) is 6.48. The van der Waals surface area contributed by atoms with E-state index in [4.69, 9.17) is 14.4 Å². The van der Waals surface area contributed by atoms with Gasteiger partial charge in [-0.05, 0) is 25.5 Å². The highest BCUT2D eigenvalue weighted by Crippen LogP contribution is 2.24. The SMILES string of the molecule is CCOCCCNc1oc(-c2cccnc2)nc1C#N. The summed E-state index contributed by atoms with van der Waals surface area (Å²) in [5.41, 5.74) is 0.992. The Morgan fingerprint density at radius 2 is 2.40 bits per heavy atom. The number of oxazole rings is 1. The molecular formula is C14H16N4O2. The van der Waals surface area contributed by atoms with Gasteiger partial charge in [-0.15, -0.1) is 0 Å². The predicted molar refractivity (Wildman–Crippen MR) is 74.0 cm³/mol. The van der Waals surface area contributed by atoms with Gasteiger partial charge in [0, 0.05) is 32.2 Å². The van der Waals surface area contributed by atoms with Crippen LogP contribution in [0.2, 0.25) is 0 Å². The molecule has 104 valence electrons. The molecule has 0 saturated carbocycles. The van der Waals surface area contributed by atoms with Crippen molar-refractivity contribution < 1.29 is 9.15 Å². The fourth-order valence-electron chi connectivity index (χ4n) is 1.65. The van der Waals surface area contributed by atoms with Crippen molar-refractivity contribution in [3.8, 4) is 17.5 Å². The van der Waals surface area contributed by atoms with Gasteiger partial charge in [0.2, 0.25) is 17.5 Å². The average molecular weight is 272 g/mol. The Labute approximate surface area is 117 Å². The summed E-state index contributed by atoms with van der Waals surface area (Å²) >= 11 is 0. The van der Waals surface area contributed by atoms with Crippen LogP contribution in [0.25, 0.3) is 11.5 Å². The normalized spacial score (nSPS) is 10.2. The second-order valence-corrected chi connectivity index (χ2v) is 4.03. The van der Waals surface area contributed by atoms with E-state index in [0.717, 1.165) is 12.0 Å². The number of rotatable bonds is 7. The predicted octanol–water partition coefficient (Wildman–Crippen LogP) is 2.45. The quantitative estimate of drug-likeness (QED) is 0.779. The summed E-state index contributed by atoms with van der Waals surface area (Å²) in [6.45, 7) is 4.00. The summed E-state index contributed by atoms with van der Waals surface area (Å²) in [6.07, 6.45) is 4.15. The van der Waals surface area contributed by atoms with Gasteiger partial charge < -0.3 is 14.5 Å². The van der Waals surface area contributed by atoms with Crippen molar-refractivity contribution in [2.24, 2.45) is 0 Å². The molecule has 2 aromatic rings. The van der Waals surface area contributed by atoms with Gasteiger partial charge in [-0.25, -0.2) is 0 Å². The highest BCUT2D eigenvalue weighted by atomic mass is 16.5. The Morgan fingerprint density at radius 1 is 1.50 bits per heavy atom. The largest absolute Gasteiger partial charge is 0.419 e. The van der Waals surface area contributed by atoms with E-state index in [1.54, 1.807) is 18.5 Å². The molecule has 0 fully saturated rings. The molecule has 0 unspecified atom stereocenters. The third kappa shape index (κ3) is 3.56. The lowest BCUT2D eigenvalue weighted by Gasteiger charge is -2.02. The van der Waals surface area contributed by atoms with Crippen LogP contribution < -0.4 is 5.32 Å². The number of nitrogens with one attached hydrogen (secondary N) is 1. The van der Waals surface area contributed by atoms with E-state index in [2.05, 4.69) is 15.3 Å². The number of ether oxygens (including phenoxy) is 1. The van der Waals surface area contributed by atoms with Crippen molar-refractivity contribution in [2.75, 3.05) is 25.1 Å². The fourth-order valence-corrected chi connectivity index (χ4v) is 1.65. The Hall–Kier alpha value is -2.39. The van der Waals surface area contributed by atoms with Gasteiger partial charge in [0.15, 0.2) is 0 Å². The molecular weight excluding hydrogens is 256 g/mol. The van der Waals surface area contributed by atoms with E-state index in [1.165, 1.54) is 0 Å². The van der Waals surface area contributed by atoms with Crippen LogP contribution in [0.3, 0.4) is 0 Å². The van der Waals surface area contributed by atoms with E-state index in [9.17, 15) is 0 Å². The molecule has 0 spiro atoms. The van der Waals surface area contributed by atoms with Gasteiger partial charge in [-0.2, -0.15) is 10.2 Å². The smallest absolute Gasteiger partial charge is 0.232 e. The van der Waals surface area contributed by atoms with Crippen LogP contribution in [0.5, 0.6) is 0 Å². The first-order valence-electron chi connectivity index (χ1n) is 6.48. The molecule has 6 heteroatoms. The summed E-state index contributed by atoms with van der Waals surface area (Å²) in [7, 11) is 0. The van der Waals surface area contributed by atoms with E-state index in [1.807, 2.05) is 19.1 Å². The van der Waals surface area contributed by atoms with E-state index >= 15 is 0 Å². The molecule has 0 saturated heterocycles. The molecule has 20 heavy (non-hydrogen) atoms. The second-order valence-electron chi connectivity index (χ2n) is 4.03. The van der Waals surface area contributed by atoms with Crippen LogP contribution >= 0.6 is 0 Å². The van der Waals surface area contributed by atoms with E-state index in [-0.39, 0.29) is 5.69 Å². The lowest BCUT2D eigenvalue weighted by Crippen LogP contribution is -2.05. The molecule has 0 aliphatic rings. The lowest BCUT2D eigenvalue weighted by atomic mass is 10.3. The Balaban J connectivity index is 2.03. The number of nitrogens with zero attached hydrogens (tertiary/aromatic N) is 3. The van der Waals surface area contributed by atoms with Crippen LogP contribution in [0.4, 0.5) is 5.88 Å². The van der Waals surface area contributed by atoms with Gasteiger partial charge in [0.05, 0.1) is 5.56 Å². The maximum absolute atomic E-state index is 9.07. The molecule has 2 rings (SSSR count). The van der Waals surface area contributed by atoms with Crippen molar-refractivity contribution in [1.29, 1.82) is 5.26 Å². The zero-order valence-electron chi connectivity index (χ0n) is 11.3. The van der Waals surface area contributed by atoms with Crippen molar-refractivity contribution in [1.82, 2.24) is 9.97 Å². The number of anilines is 1. The lowest BCUT2D eigenvalue weighted by molar-refractivity contribution is 0.147. The van der Waals surface area contributed by atoms with Crippen molar-refractivity contribution in [3.05, 3.63) is 30.2 Å². The van der Waals surface area contributed by atoms with Gasteiger partial charge in [0.1, 0.15) is 6.07 Å². The maximum Gasteiger partial charge on any atom is 0.232 e. The monoisotopic (exact) mass is 272 g/mol. The molecule has 6 nitrogen and oxygen atoms in total. The van der Waals surface area contributed by atoms with Crippen molar-refractivity contribution in [3.63, 3.8) is 0 Å². The van der Waals surface area contributed by atoms with Crippen molar-refractivity contribution in [2.45, 2.75) is 13.3 Å². The van der Waals surface area contributed by atoms with E-state index in [0.29, 0.717) is 31.5 Å². The minimum Gasteiger partial charge on any atom is -0.419 e. The van der Waals surface area contributed by atoms with Crippen molar-refractivity contribution >= 4 is 5.88 Å². The maximum atomic E-state index is 9.07. The molecule has 0 aromatic carbocycles. The molecule has 0 atom stereocenters. The van der Waals surface area contributed by atoms with E-state index < -0.39 is 0 Å². The zero-order valence-corrected chi connectivity index (χ0v) is 11.3. The minimum absolute atomic E-state index is 0.250. The number of pyridine rings is 1. The minimum atomic E-state index is 0.250. The van der Waals surface area contributed by atoms with Crippen LogP contribution in [0.1, 0.15) is 19.0 Å². The van der Waals surface area contributed by atoms with Crippen LogP contribution in [0, 0.1) is 11.3 Å². The first kappa shape index (κ1) is 14.0. The summed E-state index contributed by atoms with van der Waals surface area (Å²) in [4.78, 5) is 8.15. The molecule has 0 aliphatic carbocycles. The Bertz CT molecular complexity index is 575. The third-order valence-electron chi connectivity index (χ3n) is 2.60. The zero-order chi connectivity index (χ0) is 14.2. The van der Waals surface area contributed by atoms with Crippen LogP contribution in [-0.2, 0) is 4.74 Å². The summed E-state index contributed by atoms with van der Waals surface area (Å²) in [5, 5.41) is 12.1. The van der Waals surface area contributed by atoms with Crippen LogP contribution in [-0.4, -0.2) is 29.7 Å². The highest BCUT2D eigenvalue weighted by molar-refractivity contribution is 5.57. The topological polar surface area (TPSA) is 84.0 Å². The summed E-state index contributed by atoms with van der Waals surface area (Å²) in [5.74, 6) is 0.782. The number of hydrogen-bond acceptors (Lipinski definition) is 6. The average Bonchev–Trinajstić information content (AvgIpc) is 2.91. The number of hydrogen-bond donors (Lipinski definition) is 1. The molecule has 1 N–H and O–H groups in total. The number of nitriles is 1. The molecule has 0 amide bonds. The Morgan fingerprint density at radius 3 is 3.10 bits per heavy atom. The molecule has 2 heterocycles. The third-order valence-corrected chi connectivity index (χ3v) is 2.60.